The predicted molar refractivity (Wildman–Crippen MR) is 150 cm³/mol. The van der Waals surface area contributed by atoms with Crippen molar-refractivity contribution in [1.29, 1.82) is 0 Å². The summed E-state index contributed by atoms with van der Waals surface area (Å²) in [5, 5.41) is 3.04. The van der Waals surface area contributed by atoms with Gasteiger partial charge in [-0.1, -0.05) is 20.8 Å². The Morgan fingerprint density at radius 2 is 2.05 bits per heavy atom. The van der Waals surface area contributed by atoms with Gasteiger partial charge in [-0.25, -0.2) is 4.39 Å². The molecule has 5 unspecified atom stereocenters. The monoisotopic (exact) mass is 524 g/mol. The van der Waals surface area contributed by atoms with Gasteiger partial charge in [-0.15, -0.1) is 11.8 Å². The average molecular weight is 525 g/mol. The number of alkyl halides is 1. The number of likely N-dealkylation sites (tertiary alicyclic amines) is 1. The molecule has 5 nitrogen and oxygen atoms in total. The number of aromatic nitrogens is 1. The van der Waals surface area contributed by atoms with Crippen LogP contribution in [0.25, 0.3) is 0 Å². The van der Waals surface area contributed by atoms with Gasteiger partial charge in [0.1, 0.15) is 5.67 Å². The number of nitrogens with one attached hydrogen (secondary N) is 1. The van der Waals surface area contributed by atoms with Gasteiger partial charge >= 0.3 is 0 Å². The highest BCUT2D eigenvalue weighted by atomic mass is 32.2. The molecule has 2 aromatic rings. The number of carbonyl (C=O) groups excluding carboxylic acids is 1. The minimum Gasteiger partial charge on any atom is -0.363 e. The second-order valence-corrected chi connectivity index (χ2v) is 12.8. The van der Waals surface area contributed by atoms with Gasteiger partial charge in [0, 0.05) is 53.6 Å². The van der Waals surface area contributed by atoms with E-state index in [1.807, 2.05) is 18.3 Å². The fourth-order valence-corrected chi connectivity index (χ4v) is 6.84. The van der Waals surface area contributed by atoms with Crippen molar-refractivity contribution in [2.45, 2.75) is 95.0 Å². The molecule has 3 heterocycles. The third-order valence-corrected chi connectivity index (χ3v) is 9.31. The lowest BCUT2D eigenvalue weighted by Gasteiger charge is -2.43. The van der Waals surface area contributed by atoms with Crippen LogP contribution in [0.15, 0.2) is 41.4 Å². The van der Waals surface area contributed by atoms with Crippen LogP contribution in [0.4, 0.5) is 10.1 Å². The van der Waals surface area contributed by atoms with E-state index in [2.05, 4.69) is 59.1 Å². The predicted octanol–water partition coefficient (Wildman–Crippen LogP) is 5.87. The van der Waals surface area contributed by atoms with Crippen molar-refractivity contribution in [3.8, 4) is 0 Å². The van der Waals surface area contributed by atoms with Crippen LogP contribution in [0.5, 0.6) is 0 Å². The van der Waals surface area contributed by atoms with Gasteiger partial charge in [-0.05, 0) is 86.6 Å². The van der Waals surface area contributed by atoms with E-state index in [1.54, 1.807) is 18.7 Å². The summed E-state index contributed by atoms with van der Waals surface area (Å²) in [6.45, 7) is 10.6. The first kappa shape index (κ1) is 26.5. The highest BCUT2D eigenvalue weighted by molar-refractivity contribution is 7.99. The highest BCUT2D eigenvalue weighted by Gasteiger charge is 2.46. The molecule has 1 aliphatic carbocycles. The first-order valence-corrected chi connectivity index (χ1v) is 15.0. The van der Waals surface area contributed by atoms with E-state index in [0.29, 0.717) is 49.0 Å². The van der Waals surface area contributed by atoms with E-state index in [-0.39, 0.29) is 5.91 Å². The number of pyridine rings is 1. The maximum absolute atomic E-state index is 14.7. The topological polar surface area (TPSA) is 48.5 Å². The summed E-state index contributed by atoms with van der Waals surface area (Å²) in [5.41, 5.74) is 3.06. The van der Waals surface area contributed by atoms with Crippen LogP contribution < -0.4 is 10.2 Å². The second kappa shape index (κ2) is 10.9. The number of thioether (sulfide) groups is 1. The standard InChI is InChI=1S/C30H41FN4OS/c1-5-24-16-30(4,31)11-12-34(24)19-25-15-22-14-21(7-10-27(22)35(25)28-13-20(28)3)29(36)33-17-23-8-9-26(18-32-23)37-6-2/h7-10,14,18,20,24-25,28H,5-6,11-13,15-17,19H2,1-4H3,(H,33,36). The Balaban J connectivity index is 1.26. The fraction of sp³-hybridized carbons (Fsp3) is 0.600. The van der Waals surface area contributed by atoms with E-state index in [1.165, 1.54) is 17.7 Å². The molecule has 0 spiro atoms. The van der Waals surface area contributed by atoms with Crippen LogP contribution in [0.3, 0.4) is 0 Å². The van der Waals surface area contributed by atoms with Gasteiger partial charge in [0.05, 0.1) is 12.2 Å². The summed E-state index contributed by atoms with van der Waals surface area (Å²) in [6.07, 6.45) is 6.26. The molecule has 200 valence electrons. The van der Waals surface area contributed by atoms with E-state index < -0.39 is 5.67 Å². The molecule has 1 aromatic carbocycles. The number of carbonyl (C=O) groups is 1. The van der Waals surface area contributed by atoms with Crippen molar-refractivity contribution in [2.75, 3.05) is 23.7 Å². The number of fused-ring (bicyclic) bond motifs is 1. The maximum Gasteiger partial charge on any atom is 0.251 e. The highest BCUT2D eigenvalue weighted by Crippen LogP contribution is 2.45. The van der Waals surface area contributed by atoms with Crippen LogP contribution in [-0.4, -0.2) is 58.4 Å². The molecule has 37 heavy (non-hydrogen) atoms. The first-order valence-electron chi connectivity index (χ1n) is 14.0. The zero-order valence-corrected chi connectivity index (χ0v) is 23.5. The Bertz CT molecular complexity index is 1110. The quantitative estimate of drug-likeness (QED) is 0.416. The van der Waals surface area contributed by atoms with Gasteiger partial charge < -0.3 is 10.2 Å². The van der Waals surface area contributed by atoms with Gasteiger partial charge in [0.2, 0.25) is 0 Å². The van der Waals surface area contributed by atoms with E-state index >= 15 is 0 Å². The average Bonchev–Trinajstić information content (AvgIpc) is 3.49. The van der Waals surface area contributed by atoms with Gasteiger partial charge in [0.15, 0.2) is 0 Å². The molecule has 5 atom stereocenters. The molecule has 7 heteroatoms. The number of benzene rings is 1. The minimum absolute atomic E-state index is 0.0595. The van der Waals surface area contributed by atoms with E-state index in [4.69, 9.17) is 0 Å². The van der Waals surface area contributed by atoms with Crippen molar-refractivity contribution >= 4 is 23.4 Å². The molecule has 3 aliphatic rings. The summed E-state index contributed by atoms with van der Waals surface area (Å²) in [7, 11) is 0. The maximum atomic E-state index is 14.7. The number of hydrogen-bond acceptors (Lipinski definition) is 5. The molecule has 2 fully saturated rings. The minimum atomic E-state index is -1.05. The summed E-state index contributed by atoms with van der Waals surface area (Å²) in [5.74, 6) is 1.65. The Labute approximate surface area is 225 Å². The number of halogens is 1. The SMILES string of the molecule is CCSc1ccc(CNC(=O)c2ccc3c(c2)CC(CN2CCC(C)(F)CC2CC)N3C2CC2C)nc1. The van der Waals surface area contributed by atoms with E-state index in [9.17, 15) is 9.18 Å². The fourth-order valence-electron chi connectivity index (χ4n) is 6.22. The normalized spacial score (nSPS) is 29.3. The number of anilines is 1. The molecule has 2 aliphatic heterocycles. The van der Waals surface area contributed by atoms with Crippen LogP contribution in [0.1, 0.15) is 75.0 Å². The first-order chi connectivity index (χ1) is 17.8. The number of rotatable bonds is 9. The van der Waals surface area contributed by atoms with Crippen LogP contribution in [0, 0.1) is 5.92 Å². The third kappa shape index (κ3) is 5.98. The molecule has 1 saturated carbocycles. The lowest BCUT2D eigenvalue weighted by Crippen LogP contribution is -2.52. The van der Waals surface area contributed by atoms with Crippen molar-refractivity contribution in [3.05, 3.63) is 53.3 Å². The largest absolute Gasteiger partial charge is 0.363 e. The molecule has 1 amide bonds. The molecule has 1 N–H and O–H groups in total. The Hall–Kier alpha value is -2.12. The van der Waals surface area contributed by atoms with Crippen LogP contribution >= 0.6 is 11.8 Å². The van der Waals surface area contributed by atoms with Gasteiger partial charge in [-0.2, -0.15) is 0 Å². The number of nitrogens with zero attached hydrogens (tertiary/aromatic N) is 3. The smallest absolute Gasteiger partial charge is 0.251 e. The van der Waals surface area contributed by atoms with Crippen LogP contribution in [-0.2, 0) is 13.0 Å². The Morgan fingerprint density at radius 3 is 2.73 bits per heavy atom. The lowest BCUT2D eigenvalue weighted by molar-refractivity contribution is 0.0253. The molecular formula is C30H41FN4OS. The second-order valence-electron chi connectivity index (χ2n) is 11.4. The molecule has 0 radical (unpaired) electrons. The summed E-state index contributed by atoms with van der Waals surface area (Å²) < 4.78 is 14.7. The molecule has 1 saturated heterocycles. The van der Waals surface area contributed by atoms with Gasteiger partial charge in [-0.3, -0.25) is 14.7 Å². The zero-order valence-electron chi connectivity index (χ0n) is 22.7. The van der Waals surface area contributed by atoms with Gasteiger partial charge in [0.25, 0.3) is 5.91 Å². The van der Waals surface area contributed by atoms with Crippen molar-refractivity contribution in [2.24, 2.45) is 5.92 Å². The number of amides is 1. The summed E-state index contributed by atoms with van der Waals surface area (Å²) in [6, 6.07) is 11.5. The van der Waals surface area contributed by atoms with Crippen LogP contribution in [0.2, 0.25) is 0 Å². The number of piperidine rings is 1. The molecule has 0 bridgehead atoms. The van der Waals surface area contributed by atoms with Crippen molar-refractivity contribution < 1.29 is 9.18 Å². The third-order valence-electron chi connectivity index (χ3n) is 8.45. The van der Waals surface area contributed by atoms with Crippen molar-refractivity contribution in [1.82, 2.24) is 15.2 Å². The Kier molecular flexibility index (Phi) is 7.83. The van der Waals surface area contributed by atoms with E-state index in [0.717, 1.165) is 42.3 Å². The number of hydrogen-bond donors (Lipinski definition) is 1. The molecular weight excluding hydrogens is 483 g/mol. The molecule has 1 aromatic heterocycles. The summed E-state index contributed by atoms with van der Waals surface area (Å²) >= 11 is 1.76. The Morgan fingerprint density at radius 1 is 1.24 bits per heavy atom. The lowest BCUT2D eigenvalue weighted by atomic mass is 9.88. The summed E-state index contributed by atoms with van der Waals surface area (Å²) in [4.78, 5) is 23.8. The zero-order chi connectivity index (χ0) is 26.2. The molecule has 5 rings (SSSR count). The van der Waals surface area contributed by atoms with Crippen molar-refractivity contribution in [3.63, 3.8) is 0 Å².